The van der Waals surface area contributed by atoms with Gasteiger partial charge in [0.15, 0.2) is 0 Å². The molecule has 0 spiro atoms. The van der Waals surface area contributed by atoms with Crippen molar-refractivity contribution < 1.29 is 0 Å². The van der Waals surface area contributed by atoms with Crippen LogP contribution in [0.2, 0.25) is 5.32 Å². The molecule has 0 aliphatic carbocycles. The predicted molar refractivity (Wildman–Crippen MR) is 69.5 cm³/mol. The van der Waals surface area contributed by atoms with Gasteiger partial charge in [-0.25, -0.2) is 0 Å². The van der Waals surface area contributed by atoms with Crippen molar-refractivity contribution in [3.8, 4) is 0 Å². The van der Waals surface area contributed by atoms with Crippen LogP contribution in [0.1, 0.15) is 44.6 Å². The van der Waals surface area contributed by atoms with Crippen LogP contribution in [0.25, 0.3) is 0 Å². The van der Waals surface area contributed by atoms with Crippen molar-refractivity contribution in [1.82, 2.24) is 0 Å². The molecule has 0 N–H and O–H groups in total. The third-order valence-corrected chi connectivity index (χ3v) is 4.84. The Kier molecular flexibility index (Phi) is 7.69. The molecule has 1 aromatic carbocycles. The summed E-state index contributed by atoms with van der Waals surface area (Å²) in [5, 5.41) is 2.78. The second-order valence-corrected chi connectivity index (χ2v) is 6.27. The molecule has 0 fully saturated rings. The zero-order valence-electron chi connectivity index (χ0n) is 9.74. The molecule has 0 nitrogen and oxygen atoms in total. The Morgan fingerprint density at radius 3 is 2.40 bits per heavy atom. The number of rotatable bonds is 8. The Labute approximate surface area is 101 Å². The maximum absolute atomic E-state index is 2.28. The van der Waals surface area contributed by atoms with Gasteiger partial charge in [-0.1, -0.05) is 0 Å². The number of hydrogen-bond acceptors (Lipinski definition) is 0. The Balaban J connectivity index is 1.93. The van der Waals surface area contributed by atoms with Gasteiger partial charge in [0.05, 0.1) is 0 Å². The fourth-order valence-electron chi connectivity index (χ4n) is 1.57. The van der Waals surface area contributed by atoms with Gasteiger partial charge >= 0.3 is 101 Å². The Hall–Kier alpha value is -0.261. The third kappa shape index (κ3) is 6.76. The van der Waals surface area contributed by atoms with Gasteiger partial charge in [-0.15, -0.1) is 0 Å². The summed E-state index contributed by atoms with van der Waals surface area (Å²) in [5.41, 5.74) is 1.52. The summed E-state index contributed by atoms with van der Waals surface area (Å²) in [6, 6.07) is 10.9. The van der Waals surface area contributed by atoms with E-state index in [0.29, 0.717) is 0 Å². The topological polar surface area (TPSA) is 0 Å². The van der Waals surface area contributed by atoms with Crippen molar-refractivity contribution in [3.63, 3.8) is 0 Å². The standard InChI is InChI=1S/C14H22Se/c1-2-3-4-5-9-12-15-13-14-10-7-6-8-11-14/h6-8,10-11H,2-5,9,12-13H2,1H3. The molecule has 0 saturated carbocycles. The van der Waals surface area contributed by atoms with Gasteiger partial charge in [0.25, 0.3) is 0 Å². The van der Waals surface area contributed by atoms with Gasteiger partial charge in [-0.2, -0.15) is 0 Å². The quantitative estimate of drug-likeness (QED) is 0.488. The van der Waals surface area contributed by atoms with Crippen molar-refractivity contribution in [2.24, 2.45) is 0 Å². The Morgan fingerprint density at radius 1 is 0.933 bits per heavy atom. The second-order valence-electron chi connectivity index (χ2n) is 3.95. The van der Waals surface area contributed by atoms with Gasteiger partial charge in [-0.3, -0.25) is 0 Å². The molecule has 0 heterocycles. The second kappa shape index (κ2) is 9.00. The van der Waals surface area contributed by atoms with Crippen LogP contribution in [0.4, 0.5) is 0 Å². The molecular weight excluding hydrogens is 247 g/mol. The summed E-state index contributed by atoms with van der Waals surface area (Å²) in [6.45, 7) is 2.28. The van der Waals surface area contributed by atoms with Crippen LogP contribution in [0.15, 0.2) is 30.3 Å². The number of unbranched alkanes of at least 4 members (excludes halogenated alkanes) is 4. The van der Waals surface area contributed by atoms with E-state index >= 15 is 0 Å². The van der Waals surface area contributed by atoms with Crippen LogP contribution < -0.4 is 0 Å². The van der Waals surface area contributed by atoms with Crippen LogP contribution >= 0.6 is 0 Å². The predicted octanol–water partition coefficient (Wildman–Crippen LogP) is 4.28. The first-order chi connectivity index (χ1) is 7.43. The summed E-state index contributed by atoms with van der Waals surface area (Å²) < 4.78 is 0. The van der Waals surface area contributed by atoms with Gasteiger partial charge in [0.2, 0.25) is 0 Å². The molecule has 0 unspecified atom stereocenters. The van der Waals surface area contributed by atoms with Crippen molar-refractivity contribution in [2.75, 3.05) is 0 Å². The first-order valence-corrected chi connectivity index (χ1v) is 8.47. The van der Waals surface area contributed by atoms with Gasteiger partial charge < -0.3 is 0 Å². The molecule has 0 aromatic heterocycles. The molecule has 0 radical (unpaired) electrons. The van der Waals surface area contributed by atoms with Crippen LogP contribution in [0, 0.1) is 0 Å². The first-order valence-electron chi connectivity index (χ1n) is 6.05. The fourth-order valence-corrected chi connectivity index (χ4v) is 3.63. The fraction of sp³-hybridized carbons (Fsp3) is 0.571. The van der Waals surface area contributed by atoms with E-state index in [1.54, 1.807) is 0 Å². The molecular formula is C14H22Se. The van der Waals surface area contributed by atoms with Crippen LogP contribution in [0.5, 0.6) is 0 Å². The summed E-state index contributed by atoms with van der Waals surface area (Å²) >= 11 is 0.827. The molecule has 0 bridgehead atoms. The van der Waals surface area contributed by atoms with Crippen molar-refractivity contribution in [1.29, 1.82) is 0 Å². The van der Waals surface area contributed by atoms with E-state index < -0.39 is 0 Å². The third-order valence-electron chi connectivity index (χ3n) is 2.50. The van der Waals surface area contributed by atoms with Crippen LogP contribution in [-0.4, -0.2) is 15.0 Å². The summed E-state index contributed by atoms with van der Waals surface area (Å²) in [7, 11) is 0. The van der Waals surface area contributed by atoms with E-state index in [1.165, 1.54) is 48.3 Å². The van der Waals surface area contributed by atoms with Crippen molar-refractivity contribution in [3.05, 3.63) is 35.9 Å². The summed E-state index contributed by atoms with van der Waals surface area (Å²) in [5.74, 6) is 0. The molecule has 84 valence electrons. The molecule has 0 aliphatic heterocycles. The van der Waals surface area contributed by atoms with E-state index in [4.69, 9.17) is 0 Å². The van der Waals surface area contributed by atoms with Crippen LogP contribution in [0.3, 0.4) is 0 Å². The molecule has 0 amide bonds. The number of hydrogen-bond donors (Lipinski definition) is 0. The van der Waals surface area contributed by atoms with E-state index in [-0.39, 0.29) is 0 Å². The van der Waals surface area contributed by atoms with Gasteiger partial charge in [-0.05, 0) is 0 Å². The monoisotopic (exact) mass is 270 g/mol. The van der Waals surface area contributed by atoms with Gasteiger partial charge in [0, 0.05) is 0 Å². The van der Waals surface area contributed by atoms with E-state index in [0.717, 1.165) is 15.0 Å². The average Bonchev–Trinajstić information content (AvgIpc) is 2.29. The molecule has 0 atom stereocenters. The summed E-state index contributed by atoms with van der Waals surface area (Å²) in [4.78, 5) is 0. The molecule has 0 aliphatic rings. The van der Waals surface area contributed by atoms with E-state index in [2.05, 4.69) is 37.3 Å². The Bertz CT molecular complexity index is 230. The molecule has 1 heteroatoms. The van der Waals surface area contributed by atoms with E-state index in [9.17, 15) is 0 Å². The zero-order valence-corrected chi connectivity index (χ0v) is 11.5. The SMILES string of the molecule is CCCCCCC[Se]Cc1ccccc1. The van der Waals surface area contributed by atoms with Crippen LogP contribution in [-0.2, 0) is 5.32 Å². The van der Waals surface area contributed by atoms with Crippen molar-refractivity contribution in [2.45, 2.75) is 49.7 Å². The maximum atomic E-state index is 2.28. The van der Waals surface area contributed by atoms with Crippen molar-refractivity contribution >= 4 is 15.0 Å². The summed E-state index contributed by atoms with van der Waals surface area (Å²) in [6.07, 6.45) is 7.12. The molecule has 1 rings (SSSR count). The minimum atomic E-state index is 0.827. The average molecular weight is 269 g/mol. The minimum absolute atomic E-state index is 0.827. The van der Waals surface area contributed by atoms with Gasteiger partial charge in [0.1, 0.15) is 0 Å². The zero-order chi connectivity index (χ0) is 10.8. The molecule has 1 aromatic rings. The Morgan fingerprint density at radius 2 is 1.67 bits per heavy atom. The van der Waals surface area contributed by atoms with E-state index in [1.807, 2.05) is 0 Å². The number of benzene rings is 1. The molecule has 0 saturated heterocycles. The normalized spacial score (nSPS) is 10.5. The first kappa shape index (κ1) is 12.8. The molecule has 15 heavy (non-hydrogen) atoms.